The molecule has 4 aliphatic rings. The Morgan fingerprint density at radius 3 is 2.30 bits per heavy atom. The van der Waals surface area contributed by atoms with E-state index in [1.807, 2.05) is 0 Å². The first-order valence-corrected chi connectivity index (χ1v) is 16.5. The molecule has 0 saturated carbocycles. The molecule has 3 fully saturated rings. The van der Waals surface area contributed by atoms with Gasteiger partial charge in [-0.2, -0.15) is 4.99 Å². The minimum atomic E-state index is -5.10. The summed E-state index contributed by atoms with van der Waals surface area (Å²) in [5.41, 5.74) is 12.3. The molecule has 3 aromatic heterocycles. The predicted molar refractivity (Wildman–Crippen MR) is 146 cm³/mol. The molecule has 7 heterocycles. The first-order valence-electron chi connectivity index (χ1n) is 13.5. The zero-order valence-corrected chi connectivity index (χ0v) is 25.3. The van der Waals surface area contributed by atoms with Crippen molar-refractivity contribution < 1.29 is 66.4 Å². The summed E-state index contributed by atoms with van der Waals surface area (Å²) in [5, 5.41) is 35.0. The number of hydrogen-bond donors (Lipinski definition) is 8. The lowest BCUT2D eigenvalue weighted by atomic mass is 10.1. The Balaban J connectivity index is 1.19. The molecule has 4 aliphatic heterocycles. The summed E-state index contributed by atoms with van der Waals surface area (Å²) in [6.45, 7) is -1.61. The second-order valence-electron chi connectivity index (χ2n) is 10.7. The van der Waals surface area contributed by atoms with E-state index in [0.29, 0.717) is 0 Å². The summed E-state index contributed by atoms with van der Waals surface area (Å²) in [4.78, 5) is 37.9. The minimum absolute atomic E-state index is 0.0202. The second kappa shape index (κ2) is 11.2. The largest absolute Gasteiger partial charge is 0.472 e. The highest BCUT2D eigenvalue weighted by Crippen LogP contribution is 2.54. The van der Waals surface area contributed by atoms with Crippen LogP contribution < -0.4 is 21.4 Å². The van der Waals surface area contributed by atoms with E-state index in [1.165, 1.54) is 26.4 Å². The number of imidazole rings is 2. The van der Waals surface area contributed by atoms with Crippen molar-refractivity contribution in [2.24, 2.45) is 17.8 Å². The number of aliphatic hydroxyl groups excluding tert-OH is 3. The number of rotatable bonds is 2. The van der Waals surface area contributed by atoms with Crippen molar-refractivity contribution in [1.82, 2.24) is 29.4 Å². The van der Waals surface area contributed by atoms with Crippen LogP contribution in [0.25, 0.3) is 11.2 Å². The van der Waals surface area contributed by atoms with E-state index in [2.05, 4.69) is 25.3 Å². The fourth-order valence-electron chi connectivity index (χ4n) is 5.55. The SMILES string of the molecule is C[n+]1cnc2c(ncn2[C@@H]2O[C@@H]3COP(=O)(O)O[C@@H]4[C@H](O)[C@@H](COP(=O)(O)O[C@H]3[C@H]2O)O[C@H]4n2cnc3c2N=C(N)NC3O)c1N. The summed E-state index contributed by atoms with van der Waals surface area (Å²) in [5.74, 6) is 0.0425. The normalized spacial score (nSPS) is 39.9. The van der Waals surface area contributed by atoms with Gasteiger partial charge in [-0.1, -0.05) is 4.98 Å². The number of fused-ring (bicyclic) bond motifs is 5. The van der Waals surface area contributed by atoms with Gasteiger partial charge in [-0.3, -0.25) is 27.2 Å². The van der Waals surface area contributed by atoms with E-state index < -0.39 is 84.2 Å². The first-order chi connectivity index (χ1) is 21.7. The maximum atomic E-state index is 13.2. The van der Waals surface area contributed by atoms with Crippen LogP contribution in [0.4, 0.5) is 11.6 Å². The van der Waals surface area contributed by atoms with Gasteiger partial charge in [0, 0.05) is 0 Å². The molecular formula is C21H29N10O13P2+. The van der Waals surface area contributed by atoms with E-state index in [9.17, 15) is 34.2 Å². The van der Waals surface area contributed by atoms with Gasteiger partial charge in [0.25, 0.3) is 5.82 Å². The molecule has 0 aromatic carbocycles. The van der Waals surface area contributed by atoms with Crippen molar-refractivity contribution in [3.05, 3.63) is 24.7 Å². The third-order valence-corrected chi connectivity index (χ3v) is 9.76. The van der Waals surface area contributed by atoms with Crippen LogP contribution in [0, 0.1) is 0 Å². The number of aliphatic imine (C=N–C) groups is 1. The van der Waals surface area contributed by atoms with Gasteiger partial charge in [0.05, 0.1) is 26.6 Å². The Hall–Kier alpha value is -3.15. The van der Waals surface area contributed by atoms with Crippen LogP contribution in [-0.4, -0.2) is 105 Å². The fraction of sp³-hybridized carbons (Fsp3) is 0.571. The molecule has 23 nitrogen and oxygen atoms in total. The number of guanidine groups is 1. The predicted octanol–water partition coefficient (Wildman–Crippen LogP) is -3.19. The van der Waals surface area contributed by atoms with Crippen molar-refractivity contribution in [3.63, 3.8) is 0 Å². The third kappa shape index (κ3) is 5.38. The van der Waals surface area contributed by atoms with Crippen molar-refractivity contribution >= 4 is 44.4 Å². The van der Waals surface area contributed by atoms with E-state index in [-0.39, 0.29) is 34.5 Å². The van der Waals surface area contributed by atoms with Crippen LogP contribution in [0.3, 0.4) is 0 Å². The number of phosphoric ester groups is 2. The maximum absolute atomic E-state index is 13.2. The smallest absolute Gasteiger partial charge is 0.387 e. The van der Waals surface area contributed by atoms with E-state index in [4.69, 9.17) is 39.0 Å². The van der Waals surface area contributed by atoms with Crippen molar-refractivity contribution in [2.45, 2.75) is 55.3 Å². The summed E-state index contributed by atoms with van der Waals surface area (Å²) in [6.07, 6.45) is -10.0. The topological polar surface area (TPSA) is 320 Å². The quantitative estimate of drug-likeness (QED) is 0.0969. The molecule has 10 N–H and O–H groups in total. The molecule has 0 spiro atoms. The zero-order chi connectivity index (χ0) is 32.7. The number of nitrogens with two attached hydrogens (primary N) is 2. The number of nitrogen functional groups attached to an aromatic ring is 1. The Morgan fingerprint density at radius 1 is 0.913 bits per heavy atom. The number of ether oxygens (including phenoxy) is 2. The average molecular weight is 691 g/mol. The van der Waals surface area contributed by atoms with E-state index >= 15 is 0 Å². The highest BCUT2D eigenvalue weighted by atomic mass is 31.2. The number of nitrogens with one attached hydrogen (secondary N) is 1. The molecule has 7 rings (SSSR count). The van der Waals surface area contributed by atoms with Crippen LogP contribution >= 0.6 is 15.6 Å². The molecule has 0 radical (unpaired) electrons. The number of phosphoric acid groups is 2. The summed E-state index contributed by atoms with van der Waals surface area (Å²) in [7, 11) is -8.50. The number of aryl methyl sites for hydroxylation is 1. The molecule has 3 saturated heterocycles. The number of hydrogen-bond acceptors (Lipinski definition) is 18. The Labute approximate surface area is 257 Å². The monoisotopic (exact) mass is 691 g/mol. The van der Waals surface area contributed by atoms with Crippen molar-refractivity contribution in [2.75, 3.05) is 18.9 Å². The van der Waals surface area contributed by atoms with Gasteiger partial charge in [0.2, 0.25) is 12.0 Å². The maximum Gasteiger partial charge on any atom is 0.472 e. The van der Waals surface area contributed by atoms with E-state index in [1.54, 1.807) is 7.05 Å². The van der Waals surface area contributed by atoms with Crippen LogP contribution in [0.15, 0.2) is 24.0 Å². The molecule has 46 heavy (non-hydrogen) atoms. The summed E-state index contributed by atoms with van der Waals surface area (Å²) >= 11 is 0. The highest BCUT2D eigenvalue weighted by molar-refractivity contribution is 7.47. The van der Waals surface area contributed by atoms with Crippen molar-refractivity contribution in [3.8, 4) is 0 Å². The molecule has 3 unspecified atom stereocenters. The lowest BCUT2D eigenvalue weighted by molar-refractivity contribution is -0.658. The van der Waals surface area contributed by atoms with Crippen LogP contribution in [-0.2, 0) is 43.7 Å². The van der Waals surface area contributed by atoms with Gasteiger partial charge < -0.3 is 51.4 Å². The summed E-state index contributed by atoms with van der Waals surface area (Å²) < 4.78 is 63.0. The number of anilines is 1. The minimum Gasteiger partial charge on any atom is -0.387 e. The van der Waals surface area contributed by atoms with Gasteiger partial charge in [-0.05, 0) is 0 Å². The second-order valence-corrected chi connectivity index (χ2v) is 13.6. The molecule has 3 aromatic rings. The standard InChI is InChI=1S/C21H28N10O13P2/c1-29-4-26-16-9(15(29)22)24-5-30(16)19-12(33)13-8(42-19)3-40-46(37,38)44-14-11(32)7(2-39-45(35,36)43-13)41-20(14)31-6-25-10-17(31)27-21(23)28-18(10)34/h4-8,11-14,18-20,22,32-34H,2-3H2,1H3,(H5,23,27,28,35,36,37,38)/p+1/t7-,8-,11-,12-,13-,14-,18?,19-,20-/m1/s1. The van der Waals surface area contributed by atoms with Crippen LogP contribution in [0.1, 0.15) is 24.4 Å². The van der Waals surface area contributed by atoms with Crippen molar-refractivity contribution in [1.29, 1.82) is 0 Å². The van der Waals surface area contributed by atoms with Gasteiger partial charge in [0.1, 0.15) is 48.6 Å². The highest BCUT2D eigenvalue weighted by Gasteiger charge is 2.54. The lowest BCUT2D eigenvalue weighted by Crippen LogP contribution is -2.38. The van der Waals surface area contributed by atoms with Gasteiger partial charge in [-0.25, -0.2) is 23.7 Å². The van der Waals surface area contributed by atoms with Crippen LogP contribution in [0.5, 0.6) is 0 Å². The molecule has 25 heteroatoms. The zero-order valence-electron chi connectivity index (χ0n) is 23.5. The number of nitrogens with zero attached hydrogens (tertiary/aromatic N) is 7. The molecule has 2 bridgehead atoms. The van der Waals surface area contributed by atoms with Gasteiger partial charge >= 0.3 is 15.6 Å². The number of aromatic nitrogens is 6. The van der Waals surface area contributed by atoms with Crippen LogP contribution in [0.2, 0.25) is 0 Å². The Bertz CT molecular complexity index is 1800. The average Bonchev–Trinajstić information content (AvgIpc) is 3.74. The first kappa shape index (κ1) is 31.4. The van der Waals surface area contributed by atoms with E-state index in [0.717, 1.165) is 6.33 Å². The Kier molecular flexibility index (Phi) is 7.68. The molecule has 0 aliphatic carbocycles. The summed E-state index contributed by atoms with van der Waals surface area (Å²) in [6, 6.07) is 0. The number of aliphatic hydroxyl groups is 3. The Morgan fingerprint density at radius 2 is 1.57 bits per heavy atom. The lowest BCUT2D eigenvalue weighted by Gasteiger charge is -2.26. The molecule has 0 amide bonds. The molecule has 11 atom stereocenters. The van der Waals surface area contributed by atoms with Gasteiger partial charge in [-0.15, -0.1) is 0 Å². The fourth-order valence-corrected chi connectivity index (χ4v) is 7.45. The third-order valence-electron chi connectivity index (χ3n) is 7.79. The molecular weight excluding hydrogens is 662 g/mol. The van der Waals surface area contributed by atoms with Gasteiger partial charge in [0.15, 0.2) is 36.0 Å². The molecule has 250 valence electrons.